The quantitative estimate of drug-likeness (QED) is 0.643. The van der Waals surface area contributed by atoms with Gasteiger partial charge in [0.1, 0.15) is 5.69 Å². The summed E-state index contributed by atoms with van der Waals surface area (Å²) in [4.78, 5) is 13.3. The molecule has 2 N–H and O–H groups in total. The summed E-state index contributed by atoms with van der Waals surface area (Å²) in [5, 5.41) is 13.4. The Morgan fingerprint density at radius 2 is 1.88 bits per heavy atom. The van der Waals surface area contributed by atoms with Crippen LogP contribution in [0.25, 0.3) is 5.69 Å². The van der Waals surface area contributed by atoms with Gasteiger partial charge < -0.3 is 0 Å². The van der Waals surface area contributed by atoms with Gasteiger partial charge in [-0.05, 0) is 44.1 Å². The molecule has 0 bridgehead atoms. The van der Waals surface area contributed by atoms with Crippen LogP contribution in [-0.2, 0) is 0 Å². The Bertz CT molecular complexity index is 753. The van der Waals surface area contributed by atoms with Crippen molar-refractivity contribution in [2.24, 2.45) is 0 Å². The van der Waals surface area contributed by atoms with Gasteiger partial charge in [0.15, 0.2) is 0 Å². The van der Waals surface area contributed by atoms with E-state index in [9.17, 15) is 18.0 Å². The van der Waals surface area contributed by atoms with Crippen molar-refractivity contribution in [3.63, 3.8) is 0 Å². The molecule has 0 saturated carbocycles. The van der Waals surface area contributed by atoms with E-state index in [4.69, 9.17) is 5.21 Å². The van der Waals surface area contributed by atoms with Crippen LogP contribution in [0.2, 0.25) is 0 Å². The molecule has 1 saturated heterocycles. The molecule has 6 nitrogen and oxygen atoms in total. The predicted octanol–water partition coefficient (Wildman–Crippen LogP) is 2.73. The van der Waals surface area contributed by atoms with Crippen molar-refractivity contribution >= 4 is 5.91 Å². The smallest absolute Gasteiger partial charge is 0.295 e. The maximum Gasteiger partial charge on any atom is 0.401 e. The van der Waals surface area contributed by atoms with Crippen LogP contribution in [0.3, 0.4) is 0 Å². The van der Waals surface area contributed by atoms with Crippen molar-refractivity contribution in [1.29, 1.82) is 0 Å². The number of hydrogen-bond donors (Lipinski definition) is 2. The van der Waals surface area contributed by atoms with Gasteiger partial charge in [-0.3, -0.25) is 14.9 Å². The van der Waals surface area contributed by atoms with Crippen molar-refractivity contribution in [2.75, 3.05) is 19.6 Å². The number of piperidine rings is 1. The first-order valence-corrected chi connectivity index (χ1v) is 8.26. The van der Waals surface area contributed by atoms with Crippen molar-refractivity contribution in [3.8, 4) is 5.69 Å². The van der Waals surface area contributed by atoms with E-state index in [0.717, 1.165) is 0 Å². The molecule has 0 spiro atoms. The Morgan fingerprint density at radius 1 is 1.23 bits per heavy atom. The van der Waals surface area contributed by atoms with E-state index in [1.54, 1.807) is 35.8 Å². The zero-order valence-corrected chi connectivity index (χ0v) is 13.9. The minimum Gasteiger partial charge on any atom is -0.295 e. The first-order chi connectivity index (χ1) is 12.4. The van der Waals surface area contributed by atoms with Gasteiger partial charge in [0.25, 0.3) is 5.91 Å². The molecule has 1 amide bonds. The number of hydroxylamine groups is 1. The molecule has 2 heterocycles. The van der Waals surface area contributed by atoms with Crippen LogP contribution >= 0.6 is 0 Å². The lowest BCUT2D eigenvalue weighted by molar-refractivity contribution is -0.147. The average Bonchev–Trinajstić information content (AvgIpc) is 3.06. The molecule has 1 aliphatic rings. The van der Waals surface area contributed by atoms with Crippen molar-refractivity contribution in [3.05, 3.63) is 47.8 Å². The minimum atomic E-state index is -4.20. The number of halogens is 3. The fraction of sp³-hybridized carbons (Fsp3) is 0.412. The highest BCUT2D eigenvalue weighted by Crippen LogP contribution is 2.30. The molecule has 2 aromatic rings. The molecule has 1 aliphatic heterocycles. The van der Waals surface area contributed by atoms with E-state index in [-0.39, 0.29) is 11.6 Å². The first kappa shape index (κ1) is 18.4. The fourth-order valence-corrected chi connectivity index (χ4v) is 3.22. The third-order valence-electron chi connectivity index (χ3n) is 4.47. The zero-order chi connectivity index (χ0) is 18.7. The highest BCUT2D eigenvalue weighted by molar-refractivity contribution is 5.92. The highest BCUT2D eigenvalue weighted by atomic mass is 19.4. The Labute approximate surface area is 148 Å². The largest absolute Gasteiger partial charge is 0.401 e. The summed E-state index contributed by atoms with van der Waals surface area (Å²) in [5.74, 6) is -0.725. The summed E-state index contributed by atoms with van der Waals surface area (Å²) in [7, 11) is 0. The van der Waals surface area contributed by atoms with Crippen LogP contribution in [0.1, 0.15) is 34.9 Å². The topological polar surface area (TPSA) is 70.4 Å². The molecular weight excluding hydrogens is 349 g/mol. The van der Waals surface area contributed by atoms with Crippen LogP contribution in [0.4, 0.5) is 13.2 Å². The van der Waals surface area contributed by atoms with Gasteiger partial charge in [-0.1, -0.05) is 18.2 Å². The number of nitrogens with zero attached hydrogens (tertiary/aromatic N) is 3. The SMILES string of the molecule is O=C(NO)c1cc(C2CCN(CC(F)(F)F)CC2)nn1-c1ccccc1. The third-order valence-corrected chi connectivity index (χ3v) is 4.47. The second-order valence-electron chi connectivity index (χ2n) is 6.31. The molecule has 3 rings (SSSR count). The number of benzene rings is 1. The second kappa shape index (κ2) is 7.46. The first-order valence-electron chi connectivity index (χ1n) is 8.26. The fourth-order valence-electron chi connectivity index (χ4n) is 3.22. The van der Waals surface area contributed by atoms with Crippen molar-refractivity contribution < 1.29 is 23.2 Å². The highest BCUT2D eigenvalue weighted by Gasteiger charge is 2.33. The minimum absolute atomic E-state index is 0.0327. The van der Waals surface area contributed by atoms with Gasteiger partial charge in [-0.25, -0.2) is 10.2 Å². The van der Waals surface area contributed by atoms with Gasteiger partial charge in [-0.15, -0.1) is 0 Å². The molecule has 9 heteroatoms. The molecule has 0 unspecified atom stereocenters. The molecule has 1 aromatic heterocycles. The van der Waals surface area contributed by atoms with Gasteiger partial charge in [0.05, 0.1) is 17.9 Å². The number of rotatable bonds is 4. The molecule has 26 heavy (non-hydrogen) atoms. The summed E-state index contributed by atoms with van der Waals surface area (Å²) < 4.78 is 39.0. The molecule has 0 aliphatic carbocycles. The van der Waals surface area contributed by atoms with E-state index in [2.05, 4.69) is 5.10 Å². The van der Waals surface area contributed by atoms with Gasteiger partial charge in [-0.2, -0.15) is 18.3 Å². The van der Waals surface area contributed by atoms with Crippen molar-refractivity contribution in [2.45, 2.75) is 24.9 Å². The van der Waals surface area contributed by atoms with E-state index >= 15 is 0 Å². The van der Waals surface area contributed by atoms with E-state index < -0.39 is 18.6 Å². The zero-order valence-electron chi connectivity index (χ0n) is 13.9. The van der Waals surface area contributed by atoms with E-state index in [0.29, 0.717) is 37.3 Å². The Kier molecular flexibility index (Phi) is 5.28. The Hall–Kier alpha value is -2.39. The molecule has 0 radical (unpaired) electrons. The third kappa shape index (κ3) is 4.23. The summed E-state index contributed by atoms with van der Waals surface area (Å²) in [6.07, 6.45) is -3.14. The van der Waals surface area contributed by atoms with E-state index in [1.165, 1.54) is 9.58 Å². The van der Waals surface area contributed by atoms with Crippen LogP contribution in [0.15, 0.2) is 36.4 Å². The van der Waals surface area contributed by atoms with Gasteiger partial charge >= 0.3 is 6.18 Å². The summed E-state index contributed by atoms with van der Waals surface area (Å²) in [6, 6.07) is 10.6. The van der Waals surface area contributed by atoms with Gasteiger partial charge in [0.2, 0.25) is 0 Å². The van der Waals surface area contributed by atoms with Gasteiger partial charge in [0, 0.05) is 5.92 Å². The van der Waals surface area contributed by atoms with Crippen molar-refractivity contribution in [1.82, 2.24) is 20.2 Å². The number of alkyl halides is 3. The van der Waals surface area contributed by atoms with E-state index in [1.807, 2.05) is 6.07 Å². The number of carbonyl (C=O) groups is 1. The van der Waals surface area contributed by atoms with Crippen LogP contribution in [0.5, 0.6) is 0 Å². The number of carbonyl (C=O) groups excluding carboxylic acids is 1. The average molecular weight is 368 g/mol. The number of para-hydroxylation sites is 1. The maximum absolute atomic E-state index is 12.5. The lowest BCUT2D eigenvalue weighted by Crippen LogP contribution is -2.39. The van der Waals surface area contributed by atoms with Crippen LogP contribution in [0, 0.1) is 0 Å². The summed E-state index contributed by atoms with van der Waals surface area (Å²) >= 11 is 0. The Morgan fingerprint density at radius 3 is 2.46 bits per heavy atom. The lowest BCUT2D eigenvalue weighted by Gasteiger charge is -2.31. The maximum atomic E-state index is 12.5. The molecular formula is C17H19F3N4O2. The summed E-state index contributed by atoms with van der Waals surface area (Å²) in [6.45, 7) is -0.260. The molecule has 1 aromatic carbocycles. The number of amides is 1. The second-order valence-corrected chi connectivity index (χ2v) is 6.31. The molecule has 140 valence electrons. The summed E-state index contributed by atoms with van der Waals surface area (Å²) in [5.41, 5.74) is 3.08. The molecule has 1 fully saturated rings. The number of likely N-dealkylation sites (tertiary alicyclic amines) is 1. The normalized spacial score (nSPS) is 16.6. The number of nitrogens with one attached hydrogen (secondary N) is 1. The lowest BCUT2D eigenvalue weighted by atomic mass is 9.93. The molecule has 0 atom stereocenters. The standard InChI is InChI=1S/C17H19F3N4O2/c18-17(19,20)11-23-8-6-12(7-9-23)14-10-15(16(25)22-26)24(21-14)13-4-2-1-3-5-13/h1-5,10,12,26H,6-9,11H2,(H,22,25). The van der Waals surface area contributed by atoms with Crippen LogP contribution in [-0.4, -0.2) is 51.6 Å². The monoisotopic (exact) mass is 368 g/mol. The number of aromatic nitrogens is 2. The van der Waals surface area contributed by atoms with Crippen LogP contribution < -0.4 is 5.48 Å². The number of hydrogen-bond acceptors (Lipinski definition) is 4. The Balaban J connectivity index is 1.79. The predicted molar refractivity (Wildman–Crippen MR) is 87.3 cm³/mol.